The largest absolute Gasteiger partial charge is 0.502 e. The zero-order valence-corrected chi connectivity index (χ0v) is 12.2. The minimum Gasteiger partial charge on any atom is -0.502 e. The minimum absolute atomic E-state index is 0.124. The molecule has 0 amide bonds. The number of rotatable bonds is 2. The van der Waals surface area contributed by atoms with E-state index in [9.17, 15) is 9.90 Å². The standard InChI is InChI=1S/C18H12O5/c1-21-11-4-2-10(3-5-11)17-16(20)15(19)13-6-7-14-12(8-9-22-14)18(13)23-17/h2-9,20H,1H3. The zero-order valence-electron chi connectivity index (χ0n) is 12.2. The lowest BCUT2D eigenvalue weighted by Crippen LogP contribution is -2.02. The molecule has 0 aliphatic rings. The first-order chi connectivity index (χ1) is 11.2. The first-order valence-corrected chi connectivity index (χ1v) is 6.99. The highest BCUT2D eigenvalue weighted by atomic mass is 16.5. The van der Waals surface area contributed by atoms with Crippen LogP contribution in [-0.2, 0) is 0 Å². The van der Waals surface area contributed by atoms with Crippen LogP contribution in [0, 0.1) is 0 Å². The van der Waals surface area contributed by atoms with Gasteiger partial charge < -0.3 is 18.7 Å². The monoisotopic (exact) mass is 308 g/mol. The quantitative estimate of drug-likeness (QED) is 0.607. The Kier molecular flexibility index (Phi) is 2.87. The van der Waals surface area contributed by atoms with Crippen LogP contribution in [0.15, 0.2) is 62.4 Å². The molecular weight excluding hydrogens is 296 g/mol. The zero-order chi connectivity index (χ0) is 16.0. The SMILES string of the molecule is COc1ccc(-c2oc3c(ccc4occc43)c(=O)c2O)cc1. The summed E-state index contributed by atoms with van der Waals surface area (Å²) in [5.41, 5.74) is 1.12. The Labute approximate surface area is 130 Å². The fourth-order valence-corrected chi connectivity index (χ4v) is 2.63. The van der Waals surface area contributed by atoms with Gasteiger partial charge in [0, 0.05) is 5.56 Å². The van der Waals surface area contributed by atoms with E-state index in [-0.39, 0.29) is 5.76 Å². The van der Waals surface area contributed by atoms with Gasteiger partial charge in [-0.2, -0.15) is 0 Å². The maximum Gasteiger partial charge on any atom is 0.235 e. The molecule has 114 valence electrons. The van der Waals surface area contributed by atoms with E-state index < -0.39 is 11.2 Å². The van der Waals surface area contributed by atoms with Crippen molar-refractivity contribution < 1.29 is 18.7 Å². The van der Waals surface area contributed by atoms with Crippen molar-refractivity contribution in [3.63, 3.8) is 0 Å². The Bertz CT molecular complexity index is 1070. The summed E-state index contributed by atoms with van der Waals surface area (Å²) in [6.45, 7) is 0. The van der Waals surface area contributed by atoms with Crippen LogP contribution in [0.2, 0.25) is 0 Å². The maximum atomic E-state index is 12.4. The number of fused-ring (bicyclic) bond motifs is 3. The molecule has 2 aromatic heterocycles. The molecule has 0 spiro atoms. The van der Waals surface area contributed by atoms with E-state index in [1.165, 1.54) is 6.26 Å². The molecule has 23 heavy (non-hydrogen) atoms. The molecule has 0 atom stereocenters. The summed E-state index contributed by atoms with van der Waals surface area (Å²) in [4.78, 5) is 12.4. The van der Waals surface area contributed by atoms with Gasteiger partial charge in [-0.1, -0.05) is 0 Å². The van der Waals surface area contributed by atoms with Gasteiger partial charge in [0.05, 0.1) is 24.1 Å². The first-order valence-electron chi connectivity index (χ1n) is 6.99. The third-order valence-electron chi connectivity index (χ3n) is 3.82. The van der Waals surface area contributed by atoms with Crippen molar-refractivity contribution in [1.29, 1.82) is 0 Å². The van der Waals surface area contributed by atoms with Gasteiger partial charge in [-0.05, 0) is 42.5 Å². The number of hydrogen-bond acceptors (Lipinski definition) is 5. The number of benzene rings is 2. The molecule has 0 aliphatic heterocycles. The third kappa shape index (κ3) is 1.97. The van der Waals surface area contributed by atoms with E-state index in [1.807, 2.05) is 0 Å². The molecule has 2 aromatic carbocycles. The molecule has 0 bridgehead atoms. The van der Waals surface area contributed by atoms with Crippen LogP contribution in [0.25, 0.3) is 33.3 Å². The van der Waals surface area contributed by atoms with Crippen LogP contribution in [-0.4, -0.2) is 12.2 Å². The van der Waals surface area contributed by atoms with Gasteiger partial charge in [-0.25, -0.2) is 0 Å². The molecule has 0 aliphatic carbocycles. The minimum atomic E-state index is -0.472. The van der Waals surface area contributed by atoms with E-state index in [0.717, 1.165) is 0 Å². The second-order valence-electron chi connectivity index (χ2n) is 5.11. The average molecular weight is 308 g/mol. The van der Waals surface area contributed by atoms with Crippen LogP contribution >= 0.6 is 0 Å². The van der Waals surface area contributed by atoms with Crippen molar-refractivity contribution >= 4 is 21.9 Å². The highest BCUT2D eigenvalue weighted by Crippen LogP contribution is 2.34. The third-order valence-corrected chi connectivity index (χ3v) is 3.82. The topological polar surface area (TPSA) is 72.8 Å². The molecule has 5 heteroatoms. The molecule has 0 saturated carbocycles. The van der Waals surface area contributed by atoms with Crippen molar-refractivity contribution in [2.75, 3.05) is 7.11 Å². The summed E-state index contributed by atoms with van der Waals surface area (Å²) in [6, 6.07) is 11.9. The lowest BCUT2D eigenvalue weighted by molar-refractivity contribution is 0.414. The number of ether oxygens (including phenoxy) is 1. The molecule has 5 nitrogen and oxygen atoms in total. The average Bonchev–Trinajstić information content (AvgIpc) is 3.07. The normalized spacial score (nSPS) is 11.2. The van der Waals surface area contributed by atoms with Gasteiger partial charge in [-0.3, -0.25) is 4.79 Å². The van der Waals surface area contributed by atoms with Crippen molar-refractivity contribution in [3.8, 4) is 22.8 Å². The van der Waals surface area contributed by atoms with Gasteiger partial charge in [0.2, 0.25) is 11.2 Å². The summed E-state index contributed by atoms with van der Waals surface area (Å²) in [7, 11) is 1.57. The fourth-order valence-electron chi connectivity index (χ4n) is 2.63. The summed E-state index contributed by atoms with van der Waals surface area (Å²) in [5.74, 6) is 0.387. The Hall–Kier alpha value is -3.21. The summed E-state index contributed by atoms with van der Waals surface area (Å²) < 4.78 is 16.3. The van der Waals surface area contributed by atoms with Crippen LogP contribution in [0.5, 0.6) is 11.5 Å². The van der Waals surface area contributed by atoms with Crippen LogP contribution in [0.4, 0.5) is 0 Å². The van der Waals surface area contributed by atoms with Gasteiger partial charge in [0.1, 0.15) is 16.9 Å². The summed E-state index contributed by atoms with van der Waals surface area (Å²) in [5, 5.41) is 11.2. The van der Waals surface area contributed by atoms with Gasteiger partial charge in [0.15, 0.2) is 5.76 Å². The molecule has 0 saturated heterocycles. The Morgan fingerprint density at radius 3 is 2.52 bits per heavy atom. The predicted molar refractivity (Wildman–Crippen MR) is 85.9 cm³/mol. The molecule has 4 rings (SSSR count). The van der Waals surface area contributed by atoms with Crippen molar-refractivity contribution in [2.45, 2.75) is 0 Å². The van der Waals surface area contributed by atoms with E-state index in [0.29, 0.717) is 33.3 Å². The maximum absolute atomic E-state index is 12.4. The second-order valence-corrected chi connectivity index (χ2v) is 5.11. The van der Waals surface area contributed by atoms with Gasteiger partial charge in [0.25, 0.3) is 0 Å². The molecule has 2 heterocycles. The highest BCUT2D eigenvalue weighted by Gasteiger charge is 2.17. The lowest BCUT2D eigenvalue weighted by Gasteiger charge is -2.07. The lowest BCUT2D eigenvalue weighted by atomic mass is 10.1. The van der Waals surface area contributed by atoms with Gasteiger partial charge >= 0.3 is 0 Å². The number of aromatic hydroxyl groups is 1. The fraction of sp³-hybridized carbons (Fsp3) is 0.0556. The number of methoxy groups -OCH3 is 1. The van der Waals surface area contributed by atoms with E-state index in [1.54, 1.807) is 49.6 Å². The number of furan rings is 1. The second kappa shape index (κ2) is 4.91. The van der Waals surface area contributed by atoms with Crippen LogP contribution in [0.1, 0.15) is 0 Å². The smallest absolute Gasteiger partial charge is 0.235 e. The predicted octanol–water partition coefficient (Wildman–Crippen LogP) is 3.92. The van der Waals surface area contributed by atoms with Crippen molar-refractivity contribution in [3.05, 3.63) is 59.0 Å². The van der Waals surface area contributed by atoms with E-state index in [2.05, 4.69) is 0 Å². The van der Waals surface area contributed by atoms with Crippen LogP contribution in [0.3, 0.4) is 0 Å². The molecule has 4 aromatic rings. The molecular formula is C18H12O5. The first kappa shape index (κ1) is 13.5. The van der Waals surface area contributed by atoms with Gasteiger partial charge in [-0.15, -0.1) is 0 Å². The van der Waals surface area contributed by atoms with Crippen molar-refractivity contribution in [2.24, 2.45) is 0 Å². The molecule has 0 unspecified atom stereocenters. The highest BCUT2D eigenvalue weighted by molar-refractivity contribution is 6.02. The van der Waals surface area contributed by atoms with Crippen molar-refractivity contribution in [1.82, 2.24) is 0 Å². The molecule has 0 fully saturated rings. The molecule has 0 radical (unpaired) electrons. The Balaban J connectivity index is 2.05. The summed E-state index contributed by atoms with van der Waals surface area (Å²) >= 11 is 0. The van der Waals surface area contributed by atoms with E-state index >= 15 is 0 Å². The molecule has 1 N–H and O–H groups in total. The Morgan fingerprint density at radius 2 is 1.78 bits per heavy atom. The Morgan fingerprint density at radius 1 is 1.00 bits per heavy atom. The van der Waals surface area contributed by atoms with Crippen LogP contribution < -0.4 is 10.2 Å². The number of hydrogen-bond donors (Lipinski definition) is 1. The summed E-state index contributed by atoms with van der Waals surface area (Å²) in [6.07, 6.45) is 1.53. The van der Waals surface area contributed by atoms with E-state index in [4.69, 9.17) is 13.6 Å².